The topological polar surface area (TPSA) is 64.1 Å². The number of nitrogens with zero attached hydrogens (tertiary/aromatic N) is 3. The number of fused-ring (bicyclic) bond motifs is 1. The van der Waals surface area contributed by atoms with Gasteiger partial charge in [-0.05, 0) is 39.0 Å². The highest BCUT2D eigenvalue weighted by Crippen LogP contribution is 2.35. The zero-order chi connectivity index (χ0) is 19.3. The van der Waals surface area contributed by atoms with E-state index in [0.717, 1.165) is 11.0 Å². The molecule has 3 atom stereocenters. The van der Waals surface area contributed by atoms with Gasteiger partial charge in [-0.1, -0.05) is 11.3 Å². The molecule has 0 amide bonds. The smallest absolute Gasteiger partial charge is 0.235 e. The number of quaternary nitrogens is 1. The quantitative estimate of drug-likeness (QED) is 0.711. The van der Waals surface area contributed by atoms with Crippen LogP contribution in [0.3, 0.4) is 0 Å². The van der Waals surface area contributed by atoms with Crippen molar-refractivity contribution in [3.63, 3.8) is 0 Å². The number of aryl methyl sites for hydroxylation is 1. The second-order valence-corrected chi connectivity index (χ2v) is 8.08. The normalized spacial score (nSPS) is 24.4. The summed E-state index contributed by atoms with van der Waals surface area (Å²) in [6.07, 6.45) is 0.0335. The van der Waals surface area contributed by atoms with Gasteiger partial charge in [0.1, 0.15) is 36.0 Å². The van der Waals surface area contributed by atoms with Gasteiger partial charge in [-0.25, -0.2) is 13.8 Å². The monoisotopic (exact) mass is 395 g/mol. The standard InChI is InChI=1S/C18H20F2N4O2S/c1-9-7-23(8-10(2)26-9)15(12-4-5-13(19)14(20)6-12)16-17(25)24-18(27-16)21-11(3)22-24/h4-6,9-10,15,25H,7-8H2,1-3H3/p+1/t9-,10-,15-/m1/s1. The molecule has 1 aromatic carbocycles. The number of rotatable bonds is 3. The highest BCUT2D eigenvalue weighted by atomic mass is 32.1. The molecule has 1 saturated heterocycles. The zero-order valence-corrected chi connectivity index (χ0v) is 16.1. The van der Waals surface area contributed by atoms with Crippen LogP contribution >= 0.6 is 11.3 Å². The third kappa shape index (κ3) is 3.30. The molecule has 3 aromatic rings. The molecule has 27 heavy (non-hydrogen) atoms. The maximum Gasteiger partial charge on any atom is 0.235 e. The summed E-state index contributed by atoms with van der Waals surface area (Å²) in [5.41, 5.74) is 0.599. The summed E-state index contributed by atoms with van der Waals surface area (Å²) < 4.78 is 34.7. The molecule has 3 heterocycles. The van der Waals surface area contributed by atoms with E-state index in [1.54, 1.807) is 13.0 Å². The number of hydrogen-bond donors (Lipinski definition) is 2. The summed E-state index contributed by atoms with van der Waals surface area (Å²) >= 11 is 1.32. The molecule has 0 spiro atoms. The molecule has 9 heteroatoms. The Morgan fingerprint density at radius 1 is 1.26 bits per heavy atom. The minimum atomic E-state index is -0.902. The molecule has 2 N–H and O–H groups in total. The van der Waals surface area contributed by atoms with Gasteiger partial charge in [-0.15, -0.1) is 5.10 Å². The molecule has 0 saturated carbocycles. The summed E-state index contributed by atoms with van der Waals surface area (Å²) in [7, 11) is 0. The second-order valence-electron chi connectivity index (χ2n) is 7.07. The Balaban J connectivity index is 1.85. The van der Waals surface area contributed by atoms with Crippen molar-refractivity contribution in [3.8, 4) is 5.88 Å². The maximum atomic E-state index is 14.0. The highest BCUT2D eigenvalue weighted by Gasteiger charge is 2.37. The lowest BCUT2D eigenvalue weighted by Gasteiger charge is -2.37. The third-order valence-corrected chi connectivity index (χ3v) is 5.90. The Bertz CT molecular complexity index is 979. The van der Waals surface area contributed by atoms with E-state index in [2.05, 4.69) is 10.1 Å². The first-order valence-corrected chi connectivity index (χ1v) is 9.65. The van der Waals surface area contributed by atoms with Crippen LogP contribution in [0.1, 0.15) is 36.2 Å². The third-order valence-electron chi connectivity index (χ3n) is 4.82. The fraction of sp³-hybridized carbons (Fsp3) is 0.444. The van der Waals surface area contributed by atoms with Crippen molar-refractivity contribution in [2.24, 2.45) is 0 Å². The second kappa shape index (κ2) is 6.81. The van der Waals surface area contributed by atoms with Gasteiger partial charge in [0.25, 0.3) is 0 Å². The number of aromatic hydroxyl groups is 1. The van der Waals surface area contributed by atoms with Crippen LogP contribution in [0.4, 0.5) is 8.78 Å². The van der Waals surface area contributed by atoms with Crippen LogP contribution in [-0.4, -0.2) is 45.0 Å². The number of halogens is 2. The van der Waals surface area contributed by atoms with Crippen LogP contribution in [-0.2, 0) is 4.74 Å². The van der Waals surface area contributed by atoms with E-state index in [1.807, 2.05) is 13.8 Å². The van der Waals surface area contributed by atoms with Gasteiger partial charge in [0.05, 0.1) is 0 Å². The fourth-order valence-electron chi connectivity index (χ4n) is 3.85. The number of aromatic nitrogens is 3. The minimum absolute atomic E-state index is 0.00960. The summed E-state index contributed by atoms with van der Waals surface area (Å²) in [5.74, 6) is -1.24. The lowest BCUT2D eigenvalue weighted by molar-refractivity contribution is -0.939. The minimum Gasteiger partial charge on any atom is -0.492 e. The first-order valence-electron chi connectivity index (χ1n) is 8.83. The summed E-state index contributed by atoms with van der Waals surface area (Å²) in [6.45, 7) is 7.09. The van der Waals surface area contributed by atoms with Crippen LogP contribution in [0.15, 0.2) is 18.2 Å². The van der Waals surface area contributed by atoms with Crippen molar-refractivity contribution < 1.29 is 23.5 Å². The predicted molar refractivity (Wildman–Crippen MR) is 96.2 cm³/mol. The van der Waals surface area contributed by atoms with E-state index in [0.29, 0.717) is 34.3 Å². The van der Waals surface area contributed by atoms with Crippen molar-refractivity contribution in [2.75, 3.05) is 13.1 Å². The number of benzene rings is 1. The lowest BCUT2D eigenvalue weighted by Crippen LogP contribution is -3.15. The largest absolute Gasteiger partial charge is 0.492 e. The Morgan fingerprint density at radius 2 is 1.96 bits per heavy atom. The van der Waals surface area contributed by atoms with Gasteiger partial charge in [-0.3, -0.25) is 0 Å². The molecule has 1 aliphatic rings. The van der Waals surface area contributed by atoms with Crippen molar-refractivity contribution in [3.05, 3.63) is 46.1 Å². The average Bonchev–Trinajstić information content (AvgIpc) is 3.08. The van der Waals surface area contributed by atoms with Crippen LogP contribution in [0.5, 0.6) is 5.88 Å². The molecule has 1 fully saturated rings. The molecular formula is C18H21F2N4O2S+. The molecule has 4 rings (SSSR count). The highest BCUT2D eigenvalue weighted by molar-refractivity contribution is 7.17. The number of thiazole rings is 1. The van der Waals surface area contributed by atoms with E-state index in [1.165, 1.54) is 21.9 Å². The molecule has 2 aromatic heterocycles. The number of hydrogen-bond acceptors (Lipinski definition) is 5. The molecule has 0 aliphatic carbocycles. The van der Waals surface area contributed by atoms with Gasteiger partial charge < -0.3 is 14.7 Å². The first-order chi connectivity index (χ1) is 12.8. The van der Waals surface area contributed by atoms with Gasteiger partial charge in [0, 0.05) is 5.56 Å². The Labute approximate surface area is 159 Å². The fourth-order valence-corrected chi connectivity index (χ4v) is 5.04. The van der Waals surface area contributed by atoms with Crippen molar-refractivity contribution in [1.82, 2.24) is 14.6 Å². The van der Waals surface area contributed by atoms with E-state index in [-0.39, 0.29) is 24.1 Å². The van der Waals surface area contributed by atoms with Gasteiger partial charge in [0.2, 0.25) is 10.8 Å². The number of ether oxygens (including phenoxy) is 1. The van der Waals surface area contributed by atoms with Gasteiger partial charge >= 0.3 is 0 Å². The number of nitrogens with one attached hydrogen (secondary N) is 1. The summed E-state index contributed by atoms with van der Waals surface area (Å²) in [4.78, 5) is 6.64. The predicted octanol–water partition coefficient (Wildman–Crippen LogP) is 1.86. The zero-order valence-electron chi connectivity index (χ0n) is 15.2. The van der Waals surface area contributed by atoms with Crippen molar-refractivity contribution in [2.45, 2.75) is 39.0 Å². The Morgan fingerprint density at radius 3 is 2.59 bits per heavy atom. The molecule has 144 valence electrons. The van der Waals surface area contributed by atoms with E-state index in [9.17, 15) is 13.9 Å². The Hall–Kier alpha value is -2.10. The van der Waals surface area contributed by atoms with E-state index >= 15 is 0 Å². The molecular weight excluding hydrogens is 374 g/mol. The molecule has 1 aliphatic heterocycles. The molecule has 0 unspecified atom stereocenters. The first kappa shape index (κ1) is 18.3. The van der Waals surface area contributed by atoms with Gasteiger partial charge in [-0.2, -0.15) is 4.52 Å². The van der Waals surface area contributed by atoms with Crippen molar-refractivity contribution in [1.29, 1.82) is 0 Å². The van der Waals surface area contributed by atoms with Gasteiger partial charge in [0.15, 0.2) is 17.7 Å². The maximum absolute atomic E-state index is 14.0. The molecule has 6 nitrogen and oxygen atoms in total. The summed E-state index contributed by atoms with van der Waals surface area (Å²) in [6, 6.07) is 3.53. The molecule has 0 radical (unpaired) electrons. The average molecular weight is 395 g/mol. The number of morpholine rings is 1. The van der Waals surface area contributed by atoms with E-state index in [4.69, 9.17) is 4.74 Å². The van der Waals surface area contributed by atoms with Crippen LogP contribution in [0.25, 0.3) is 4.96 Å². The van der Waals surface area contributed by atoms with Crippen LogP contribution in [0, 0.1) is 18.6 Å². The van der Waals surface area contributed by atoms with Crippen LogP contribution < -0.4 is 4.90 Å². The van der Waals surface area contributed by atoms with E-state index < -0.39 is 11.6 Å². The summed E-state index contributed by atoms with van der Waals surface area (Å²) in [5, 5.41) is 15.0. The molecule has 0 bridgehead atoms. The van der Waals surface area contributed by atoms with Crippen LogP contribution in [0.2, 0.25) is 0 Å². The van der Waals surface area contributed by atoms with Crippen molar-refractivity contribution >= 4 is 16.3 Å². The lowest BCUT2D eigenvalue weighted by atomic mass is 10.0. The Kier molecular flexibility index (Phi) is 4.61. The SMILES string of the molecule is Cc1nc2sc([C@@H](c3ccc(F)c(F)c3)[NH+]3C[C@@H](C)O[C@H](C)C3)c(O)n2n1.